The van der Waals surface area contributed by atoms with Crippen LogP contribution in [0.3, 0.4) is 0 Å². The summed E-state index contributed by atoms with van der Waals surface area (Å²) in [6, 6.07) is 12.5. The Bertz CT molecular complexity index is 800. The Balaban J connectivity index is 1.82. The van der Waals surface area contributed by atoms with Crippen molar-refractivity contribution in [3.8, 4) is 16.9 Å². The van der Waals surface area contributed by atoms with Crippen molar-refractivity contribution in [2.24, 2.45) is 0 Å². The molecule has 1 heterocycles. The molecule has 1 aliphatic rings. The zero-order valence-electron chi connectivity index (χ0n) is 13.9. The molecule has 0 saturated carbocycles. The van der Waals surface area contributed by atoms with Crippen LogP contribution < -0.4 is 0 Å². The lowest BCUT2D eigenvalue weighted by Gasteiger charge is -2.34. The number of benzene rings is 2. The van der Waals surface area contributed by atoms with Crippen LogP contribution in [-0.2, 0) is 4.79 Å². The van der Waals surface area contributed by atoms with Crippen LogP contribution in [0.5, 0.6) is 5.75 Å². The summed E-state index contributed by atoms with van der Waals surface area (Å²) in [4.78, 5) is 27.4. The highest BCUT2D eigenvalue weighted by Gasteiger charge is 2.25. The number of hydrogen-bond donors (Lipinski definition) is 1. The largest absolute Gasteiger partial charge is 0.507 e. The molecule has 2 aromatic carbocycles. The molecule has 3 rings (SSSR count). The van der Waals surface area contributed by atoms with Gasteiger partial charge in [-0.3, -0.25) is 9.59 Å². The maximum absolute atomic E-state index is 12.7. The zero-order valence-corrected chi connectivity index (χ0v) is 14.7. The number of amides is 2. The first kappa shape index (κ1) is 17.3. The Hall–Kier alpha value is -2.53. The van der Waals surface area contributed by atoms with Crippen LogP contribution in [0.15, 0.2) is 42.5 Å². The van der Waals surface area contributed by atoms with E-state index in [1.807, 2.05) is 30.3 Å². The minimum absolute atomic E-state index is 0.00482. The van der Waals surface area contributed by atoms with Gasteiger partial charge in [0.25, 0.3) is 5.91 Å². The number of phenols is 1. The Morgan fingerprint density at radius 2 is 1.60 bits per heavy atom. The standard InChI is InChI=1S/C19H19ClN2O3/c1-13(23)21-7-9-22(10-8-21)19(25)16-11-17(20)15(12-18(16)24)14-5-3-2-4-6-14/h2-6,11-12,24H,7-10H2,1H3. The van der Waals surface area contributed by atoms with E-state index in [2.05, 4.69) is 0 Å². The van der Waals surface area contributed by atoms with Gasteiger partial charge < -0.3 is 14.9 Å². The predicted molar refractivity (Wildman–Crippen MR) is 96.7 cm³/mol. The second kappa shape index (κ2) is 7.15. The highest BCUT2D eigenvalue weighted by molar-refractivity contribution is 6.33. The van der Waals surface area contributed by atoms with E-state index in [1.54, 1.807) is 9.80 Å². The smallest absolute Gasteiger partial charge is 0.257 e. The van der Waals surface area contributed by atoms with E-state index in [0.29, 0.717) is 36.8 Å². The first-order valence-electron chi connectivity index (χ1n) is 8.10. The van der Waals surface area contributed by atoms with Crippen LogP contribution >= 0.6 is 11.6 Å². The van der Waals surface area contributed by atoms with Gasteiger partial charge in [-0.15, -0.1) is 0 Å². The zero-order chi connectivity index (χ0) is 18.0. The number of rotatable bonds is 2. The fraction of sp³-hybridized carbons (Fsp3) is 0.263. The molecular formula is C19H19ClN2O3. The van der Waals surface area contributed by atoms with Crippen LogP contribution in [0.1, 0.15) is 17.3 Å². The molecule has 25 heavy (non-hydrogen) atoms. The molecule has 0 radical (unpaired) electrons. The fourth-order valence-electron chi connectivity index (χ4n) is 2.97. The van der Waals surface area contributed by atoms with Gasteiger partial charge in [-0.2, -0.15) is 0 Å². The van der Waals surface area contributed by atoms with Crippen LogP contribution in [0.2, 0.25) is 5.02 Å². The molecule has 1 fully saturated rings. The van der Waals surface area contributed by atoms with Crippen molar-refractivity contribution in [3.63, 3.8) is 0 Å². The summed E-state index contributed by atoms with van der Waals surface area (Å²) in [6.45, 7) is 3.40. The molecule has 1 aliphatic heterocycles. The van der Waals surface area contributed by atoms with Gasteiger partial charge in [0.15, 0.2) is 0 Å². The third-order valence-electron chi connectivity index (χ3n) is 4.41. The van der Waals surface area contributed by atoms with Crippen LogP contribution in [0, 0.1) is 0 Å². The summed E-state index contributed by atoms with van der Waals surface area (Å²) in [5.41, 5.74) is 1.73. The Morgan fingerprint density at radius 1 is 1.00 bits per heavy atom. The summed E-state index contributed by atoms with van der Waals surface area (Å²) in [6.07, 6.45) is 0. The van der Waals surface area contributed by atoms with Crippen LogP contribution in [0.4, 0.5) is 0 Å². The third kappa shape index (κ3) is 3.61. The van der Waals surface area contributed by atoms with Crippen molar-refractivity contribution in [1.82, 2.24) is 9.80 Å². The number of hydrogen-bond acceptors (Lipinski definition) is 3. The number of nitrogens with zero attached hydrogens (tertiary/aromatic N) is 2. The molecule has 1 saturated heterocycles. The van der Waals surface area contributed by atoms with Gasteiger partial charge in [0.1, 0.15) is 5.75 Å². The van der Waals surface area contributed by atoms with Crippen molar-refractivity contribution >= 4 is 23.4 Å². The number of carbonyl (C=O) groups excluding carboxylic acids is 2. The number of aromatic hydroxyl groups is 1. The fourth-order valence-corrected chi connectivity index (χ4v) is 3.24. The van der Waals surface area contributed by atoms with Gasteiger partial charge >= 0.3 is 0 Å². The second-order valence-electron chi connectivity index (χ2n) is 6.01. The maximum atomic E-state index is 12.7. The van der Waals surface area contributed by atoms with E-state index in [4.69, 9.17) is 11.6 Å². The Kier molecular flexibility index (Phi) is 4.95. The van der Waals surface area contributed by atoms with Gasteiger partial charge in [0.05, 0.1) is 5.56 Å². The summed E-state index contributed by atoms with van der Waals surface area (Å²) >= 11 is 6.35. The Labute approximate surface area is 151 Å². The normalized spacial score (nSPS) is 14.5. The predicted octanol–water partition coefficient (Wildman–Crippen LogP) is 3.02. The maximum Gasteiger partial charge on any atom is 0.257 e. The average Bonchev–Trinajstić information content (AvgIpc) is 2.63. The molecular weight excluding hydrogens is 340 g/mol. The molecule has 2 aromatic rings. The quantitative estimate of drug-likeness (QED) is 0.897. The third-order valence-corrected chi connectivity index (χ3v) is 4.73. The first-order chi connectivity index (χ1) is 12.0. The highest BCUT2D eigenvalue weighted by Crippen LogP contribution is 2.34. The molecule has 0 bridgehead atoms. The summed E-state index contributed by atoms with van der Waals surface area (Å²) in [7, 11) is 0. The van der Waals surface area contributed by atoms with E-state index in [-0.39, 0.29) is 23.1 Å². The second-order valence-corrected chi connectivity index (χ2v) is 6.42. The van der Waals surface area contributed by atoms with Crippen molar-refractivity contribution in [2.45, 2.75) is 6.92 Å². The van der Waals surface area contributed by atoms with Gasteiger partial charge in [0.2, 0.25) is 5.91 Å². The van der Waals surface area contributed by atoms with Crippen molar-refractivity contribution in [3.05, 3.63) is 53.1 Å². The number of carbonyl (C=O) groups is 2. The minimum atomic E-state index is -0.276. The van der Waals surface area contributed by atoms with Gasteiger partial charge in [0, 0.05) is 43.7 Å². The number of phenolic OH excluding ortho intramolecular Hbond substituents is 1. The van der Waals surface area contributed by atoms with Gasteiger partial charge in [-0.05, 0) is 17.7 Å². The molecule has 0 aromatic heterocycles. The van der Waals surface area contributed by atoms with Gasteiger partial charge in [-0.25, -0.2) is 0 Å². The first-order valence-corrected chi connectivity index (χ1v) is 8.48. The van der Waals surface area contributed by atoms with Gasteiger partial charge in [-0.1, -0.05) is 41.9 Å². The van der Waals surface area contributed by atoms with E-state index in [1.165, 1.54) is 19.1 Å². The lowest BCUT2D eigenvalue weighted by Crippen LogP contribution is -2.50. The molecule has 130 valence electrons. The summed E-state index contributed by atoms with van der Waals surface area (Å²) in [5, 5.41) is 10.8. The topological polar surface area (TPSA) is 60.9 Å². The van der Waals surface area contributed by atoms with E-state index in [0.717, 1.165) is 5.56 Å². The molecule has 6 heteroatoms. The summed E-state index contributed by atoms with van der Waals surface area (Å²) in [5.74, 6) is -0.366. The summed E-state index contributed by atoms with van der Waals surface area (Å²) < 4.78 is 0. The number of halogens is 1. The average molecular weight is 359 g/mol. The van der Waals surface area contributed by atoms with E-state index in [9.17, 15) is 14.7 Å². The lowest BCUT2D eigenvalue weighted by molar-refractivity contribution is -0.130. The van der Waals surface area contributed by atoms with E-state index < -0.39 is 0 Å². The molecule has 5 nitrogen and oxygen atoms in total. The SMILES string of the molecule is CC(=O)N1CCN(C(=O)c2cc(Cl)c(-c3ccccc3)cc2O)CC1. The molecule has 0 unspecified atom stereocenters. The molecule has 1 N–H and O–H groups in total. The molecule has 0 atom stereocenters. The highest BCUT2D eigenvalue weighted by atomic mass is 35.5. The van der Waals surface area contributed by atoms with Crippen molar-refractivity contribution < 1.29 is 14.7 Å². The molecule has 2 amide bonds. The molecule has 0 spiro atoms. The van der Waals surface area contributed by atoms with E-state index >= 15 is 0 Å². The Morgan fingerprint density at radius 3 is 2.20 bits per heavy atom. The van der Waals surface area contributed by atoms with Crippen LogP contribution in [0.25, 0.3) is 11.1 Å². The van der Waals surface area contributed by atoms with Crippen molar-refractivity contribution in [2.75, 3.05) is 26.2 Å². The monoisotopic (exact) mass is 358 g/mol. The minimum Gasteiger partial charge on any atom is -0.507 e. The van der Waals surface area contributed by atoms with Crippen molar-refractivity contribution in [1.29, 1.82) is 0 Å². The van der Waals surface area contributed by atoms with Crippen LogP contribution in [-0.4, -0.2) is 52.9 Å². The molecule has 0 aliphatic carbocycles. The number of piperazine rings is 1. The lowest BCUT2D eigenvalue weighted by atomic mass is 10.0.